The van der Waals surface area contributed by atoms with E-state index in [0.717, 1.165) is 27.6 Å². The van der Waals surface area contributed by atoms with Crippen molar-refractivity contribution in [2.24, 2.45) is 0 Å². The fourth-order valence-electron chi connectivity index (χ4n) is 4.69. The van der Waals surface area contributed by atoms with Crippen LogP contribution in [0.3, 0.4) is 0 Å². The molecule has 0 aromatic heterocycles. The standard InChI is InChI=1S/C29H24NO2P/c1-2-26-28(33(32,23-16-8-4-9-17-23)24-18-10-5-11-19-24)25-20-12-13-21-27(25)30(26)29(31)22-14-6-3-7-15-22/h2-21,28H,1H3/b26-2+/t28-/m0/s1. The molecule has 0 N–H and O–H groups in total. The molecule has 1 atom stereocenters. The summed E-state index contributed by atoms with van der Waals surface area (Å²) < 4.78 is 15.3. The quantitative estimate of drug-likeness (QED) is 0.343. The van der Waals surface area contributed by atoms with Gasteiger partial charge in [-0.15, -0.1) is 0 Å². The van der Waals surface area contributed by atoms with Crippen LogP contribution in [0.15, 0.2) is 127 Å². The molecular weight excluding hydrogens is 425 g/mol. The van der Waals surface area contributed by atoms with Crippen molar-refractivity contribution in [3.05, 3.63) is 138 Å². The van der Waals surface area contributed by atoms with Crippen LogP contribution in [0.4, 0.5) is 5.69 Å². The average Bonchev–Trinajstić information content (AvgIpc) is 3.24. The Bertz CT molecular complexity index is 1320. The van der Waals surface area contributed by atoms with Crippen LogP contribution >= 0.6 is 7.14 Å². The third kappa shape index (κ3) is 3.46. The summed E-state index contributed by atoms with van der Waals surface area (Å²) >= 11 is 0. The van der Waals surface area contributed by atoms with Crippen LogP contribution in [0.2, 0.25) is 0 Å². The van der Waals surface area contributed by atoms with E-state index in [1.54, 1.807) is 4.90 Å². The van der Waals surface area contributed by atoms with Crippen molar-refractivity contribution >= 4 is 29.3 Å². The SMILES string of the molecule is C/C=C1\[C@@H](P(=O)(c2ccccc2)c2ccccc2)c2ccccc2N1C(=O)c1ccccc1. The van der Waals surface area contributed by atoms with Crippen LogP contribution < -0.4 is 15.5 Å². The van der Waals surface area contributed by atoms with Crippen LogP contribution in [0.1, 0.15) is 28.5 Å². The zero-order chi connectivity index (χ0) is 22.8. The fourth-order valence-corrected chi connectivity index (χ4v) is 8.07. The lowest BCUT2D eigenvalue weighted by atomic mass is 10.1. The number of nitrogens with zero attached hydrogens (tertiary/aromatic N) is 1. The van der Waals surface area contributed by atoms with E-state index in [9.17, 15) is 4.79 Å². The lowest BCUT2D eigenvalue weighted by Gasteiger charge is -2.29. The lowest BCUT2D eigenvalue weighted by molar-refractivity contribution is 0.0995. The van der Waals surface area contributed by atoms with E-state index in [-0.39, 0.29) is 5.91 Å². The Morgan fingerprint density at radius 3 is 1.76 bits per heavy atom. The summed E-state index contributed by atoms with van der Waals surface area (Å²) in [4.78, 5) is 15.5. The predicted molar refractivity (Wildman–Crippen MR) is 136 cm³/mol. The molecule has 33 heavy (non-hydrogen) atoms. The van der Waals surface area contributed by atoms with Crippen molar-refractivity contribution in [3.8, 4) is 0 Å². The van der Waals surface area contributed by atoms with Gasteiger partial charge in [-0.1, -0.05) is 103 Å². The molecule has 0 saturated heterocycles. The van der Waals surface area contributed by atoms with E-state index < -0.39 is 12.8 Å². The van der Waals surface area contributed by atoms with Crippen LogP contribution in [-0.4, -0.2) is 5.91 Å². The first-order valence-electron chi connectivity index (χ1n) is 11.0. The number of hydrogen-bond donors (Lipinski definition) is 0. The third-order valence-corrected chi connectivity index (χ3v) is 9.57. The minimum atomic E-state index is -3.21. The number of benzene rings is 4. The number of carbonyl (C=O) groups is 1. The molecule has 1 aliphatic rings. The van der Waals surface area contributed by atoms with E-state index in [0.29, 0.717) is 5.56 Å². The van der Waals surface area contributed by atoms with Crippen LogP contribution in [0.5, 0.6) is 0 Å². The molecule has 162 valence electrons. The molecule has 4 heteroatoms. The Morgan fingerprint density at radius 2 is 1.21 bits per heavy atom. The molecule has 4 aromatic rings. The summed E-state index contributed by atoms with van der Waals surface area (Å²) in [5, 5.41) is 1.56. The molecule has 5 rings (SSSR count). The van der Waals surface area contributed by atoms with Gasteiger partial charge in [-0.05, 0) is 30.7 Å². The summed E-state index contributed by atoms with van der Waals surface area (Å²) in [5.74, 6) is -0.119. The monoisotopic (exact) mass is 449 g/mol. The second kappa shape index (κ2) is 8.69. The number of hydrogen-bond acceptors (Lipinski definition) is 2. The van der Waals surface area contributed by atoms with Crippen molar-refractivity contribution in [2.45, 2.75) is 12.6 Å². The van der Waals surface area contributed by atoms with Gasteiger partial charge >= 0.3 is 0 Å². The van der Waals surface area contributed by atoms with Gasteiger partial charge in [-0.3, -0.25) is 9.69 Å². The number of fused-ring (bicyclic) bond motifs is 1. The maximum absolute atomic E-state index is 15.3. The highest BCUT2D eigenvalue weighted by Crippen LogP contribution is 2.65. The van der Waals surface area contributed by atoms with Gasteiger partial charge in [-0.25, -0.2) is 0 Å². The number of carbonyl (C=O) groups excluding carboxylic acids is 1. The van der Waals surface area contributed by atoms with Gasteiger partial charge in [0.25, 0.3) is 5.91 Å². The summed E-state index contributed by atoms with van der Waals surface area (Å²) in [5.41, 5.74) is 2.58. The second-order valence-corrected chi connectivity index (χ2v) is 10.9. The summed E-state index contributed by atoms with van der Waals surface area (Å²) in [6.07, 6.45) is 1.93. The molecule has 0 aliphatic carbocycles. The number of anilines is 1. The molecule has 1 aliphatic heterocycles. The number of amides is 1. The van der Waals surface area contributed by atoms with Gasteiger partial charge in [0, 0.05) is 21.9 Å². The molecular formula is C29H24NO2P. The van der Waals surface area contributed by atoms with Gasteiger partial charge in [0.1, 0.15) is 0 Å². The van der Waals surface area contributed by atoms with Gasteiger partial charge in [0.05, 0.1) is 11.3 Å². The largest absolute Gasteiger partial charge is 0.313 e. The van der Waals surface area contributed by atoms with E-state index in [1.807, 2.05) is 128 Å². The highest BCUT2D eigenvalue weighted by atomic mass is 31.2. The summed E-state index contributed by atoms with van der Waals surface area (Å²) in [6.45, 7) is 1.92. The van der Waals surface area contributed by atoms with E-state index in [2.05, 4.69) is 0 Å². The highest BCUT2D eigenvalue weighted by Gasteiger charge is 2.48. The van der Waals surface area contributed by atoms with Gasteiger partial charge in [0.2, 0.25) is 0 Å². The number of rotatable bonds is 4. The molecule has 0 radical (unpaired) electrons. The molecule has 0 spiro atoms. The Labute approximate surface area is 194 Å². The Hall–Kier alpha value is -3.68. The minimum Gasteiger partial charge on any atom is -0.313 e. The molecule has 0 unspecified atom stereocenters. The number of para-hydroxylation sites is 1. The van der Waals surface area contributed by atoms with Crippen molar-refractivity contribution in [2.75, 3.05) is 4.90 Å². The minimum absolute atomic E-state index is 0.119. The first-order valence-corrected chi connectivity index (χ1v) is 12.8. The summed E-state index contributed by atoms with van der Waals surface area (Å²) in [7, 11) is -3.21. The number of allylic oxidation sites excluding steroid dienone is 2. The van der Waals surface area contributed by atoms with E-state index >= 15 is 4.57 Å². The zero-order valence-corrected chi connectivity index (χ0v) is 19.2. The summed E-state index contributed by atoms with van der Waals surface area (Å²) in [6, 6.07) is 36.4. The predicted octanol–water partition coefficient (Wildman–Crippen LogP) is 6.31. The second-order valence-electron chi connectivity index (χ2n) is 8.01. The highest BCUT2D eigenvalue weighted by molar-refractivity contribution is 7.79. The van der Waals surface area contributed by atoms with Crippen molar-refractivity contribution in [3.63, 3.8) is 0 Å². The topological polar surface area (TPSA) is 37.4 Å². The molecule has 4 aromatic carbocycles. The molecule has 0 saturated carbocycles. The van der Waals surface area contributed by atoms with Gasteiger partial charge in [-0.2, -0.15) is 0 Å². The maximum atomic E-state index is 15.3. The van der Waals surface area contributed by atoms with Crippen LogP contribution in [-0.2, 0) is 4.57 Å². The lowest BCUT2D eigenvalue weighted by Crippen LogP contribution is -2.30. The zero-order valence-electron chi connectivity index (χ0n) is 18.3. The normalized spacial score (nSPS) is 16.6. The molecule has 0 fully saturated rings. The molecule has 1 heterocycles. The Morgan fingerprint density at radius 1 is 0.727 bits per heavy atom. The smallest absolute Gasteiger partial charge is 0.262 e. The van der Waals surface area contributed by atoms with Crippen molar-refractivity contribution in [1.82, 2.24) is 0 Å². The van der Waals surface area contributed by atoms with E-state index in [4.69, 9.17) is 0 Å². The molecule has 3 nitrogen and oxygen atoms in total. The Balaban J connectivity index is 1.76. The Kier molecular flexibility index (Phi) is 5.58. The van der Waals surface area contributed by atoms with Gasteiger partial charge < -0.3 is 4.57 Å². The fraction of sp³-hybridized carbons (Fsp3) is 0.0690. The van der Waals surface area contributed by atoms with Crippen LogP contribution in [0, 0.1) is 0 Å². The first kappa shape index (κ1) is 21.2. The maximum Gasteiger partial charge on any atom is 0.262 e. The third-order valence-electron chi connectivity index (χ3n) is 6.17. The van der Waals surface area contributed by atoms with Gasteiger partial charge in [0.15, 0.2) is 7.14 Å². The molecule has 0 bridgehead atoms. The van der Waals surface area contributed by atoms with E-state index in [1.165, 1.54) is 0 Å². The molecule has 1 amide bonds. The van der Waals surface area contributed by atoms with Crippen LogP contribution in [0.25, 0.3) is 0 Å². The van der Waals surface area contributed by atoms with Crippen molar-refractivity contribution < 1.29 is 9.36 Å². The first-order chi connectivity index (χ1) is 16.2. The average molecular weight is 449 g/mol. The van der Waals surface area contributed by atoms with Crippen molar-refractivity contribution in [1.29, 1.82) is 0 Å².